The van der Waals surface area contributed by atoms with Gasteiger partial charge in [-0.2, -0.15) is 0 Å². The molecule has 1 unspecified atom stereocenters. The first-order valence-electron chi connectivity index (χ1n) is 6.43. The topological polar surface area (TPSA) is 24.9 Å². The Balaban J connectivity index is 2.20. The summed E-state index contributed by atoms with van der Waals surface area (Å²) in [5, 5.41) is 4.80. The Bertz CT molecular complexity index is 521. The summed E-state index contributed by atoms with van der Waals surface area (Å²) in [5.41, 5.74) is 2.48. The van der Waals surface area contributed by atoms with Gasteiger partial charge in [0.2, 0.25) is 0 Å². The monoisotopic (exact) mass is 358 g/mol. The van der Waals surface area contributed by atoms with E-state index >= 15 is 0 Å². The molecule has 19 heavy (non-hydrogen) atoms. The number of rotatable bonds is 5. The lowest BCUT2D eigenvalue weighted by molar-refractivity contribution is 0.556. The Morgan fingerprint density at radius 2 is 2.05 bits per heavy atom. The molecule has 0 saturated heterocycles. The van der Waals surface area contributed by atoms with Crippen LogP contribution in [0.25, 0.3) is 0 Å². The number of thiazole rings is 1. The predicted octanol–water partition coefficient (Wildman–Crippen LogP) is 4.79. The van der Waals surface area contributed by atoms with Crippen LogP contribution in [0.4, 0.5) is 0 Å². The number of nitrogens with zero attached hydrogens (tertiary/aromatic N) is 1. The van der Waals surface area contributed by atoms with Crippen LogP contribution in [0.2, 0.25) is 0 Å². The van der Waals surface area contributed by atoms with Crippen LogP contribution in [0.1, 0.15) is 39.0 Å². The van der Waals surface area contributed by atoms with E-state index in [1.54, 1.807) is 0 Å². The third-order valence-corrected chi connectivity index (χ3v) is 6.47. The van der Waals surface area contributed by atoms with E-state index in [0.717, 1.165) is 13.0 Å². The minimum Gasteiger partial charge on any atom is -0.309 e. The number of likely N-dealkylation sites (N-methyl/N-ethyl adjacent to an activating group) is 1. The first kappa shape index (κ1) is 15.2. The molecule has 0 bridgehead atoms. The van der Waals surface area contributed by atoms with Crippen molar-refractivity contribution in [1.29, 1.82) is 0 Å². The molecule has 0 aliphatic rings. The molecule has 0 aliphatic carbocycles. The Morgan fingerprint density at radius 1 is 1.32 bits per heavy atom. The second-order valence-electron chi connectivity index (χ2n) is 4.67. The van der Waals surface area contributed by atoms with Crippen LogP contribution >= 0.6 is 38.6 Å². The lowest BCUT2D eigenvalue weighted by Crippen LogP contribution is -2.22. The van der Waals surface area contributed by atoms with E-state index in [4.69, 9.17) is 0 Å². The van der Waals surface area contributed by atoms with E-state index in [1.807, 2.05) is 22.7 Å². The van der Waals surface area contributed by atoms with Crippen molar-refractivity contribution in [2.24, 2.45) is 0 Å². The van der Waals surface area contributed by atoms with Gasteiger partial charge in [0.1, 0.15) is 0 Å². The molecule has 104 valence electrons. The van der Waals surface area contributed by atoms with Gasteiger partial charge < -0.3 is 5.32 Å². The maximum atomic E-state index is 4.66. The number of nitrogens with one attached hydrogen (secondary N) is 1. The van der Waals surface area contributed by atoms with E-state index in [2.05, 4.69) is 60.0 Å². The highest BCUT2D eigenvalue weighted by Gasteiger charge is 2.17. The van der Waals surface area contributed by atoms with Gasteiger partial charge in [-0.25, -0.2) is 4.98 Å². The number of aromatic nitrogens is 1. The Labute approximate surface area is 131 Å². The number of thiophene rings is 1. The fourth-order valence-electron chi connectivity index (χ4n) is 1.98. The normalized spacial score (nSPS) is 12.9. The van der Waals surface area contributed by atoms with Crippen LogP contribution in [0, 0.1) is 20.8 Å². The summed E-state index contributed by atoms with van der Waals surface area (Å²) >= 11 is 7.25. The van der Waals surface area contributed by atoms with Gasteiger partial charge in [-0.15, -0.1) is 22.7 Å². The highest BCUT2D eigenvalue weighted by atomic mass is 79.9. The second-order valence-corrected chi connectivity index (χ2v) is 8.36. The number of hydrogen-bond acceptors (Lipinski definition) is 4. The molecule has 0 spiro atoms. The summed E-state index contributed by atoms with van der Waals surface area (Å²) < 4.78 is 1.23. The molecule has 1 N–H and O–H groups in total. The summed E-state index contributed by atoms with van der Waals surface area (Å²) in [6, 6.07) is 2.64. The zero-order valence-corrected chi connectivity index (χ0v) is 14.9. The lowest BCUT2D eigenvalue weighted by atomic mass is 10.1. The molecule has 2 nitrogen and oxygen atoms in total. The number of halogens is 1. The summed E-state index contributed by atoms with van der Waals surface area (Å²) in [5.74, 6) is 0. The molecule has 0 aromatic carbocycles. The highest BCUT2D eigenvalue weighted by Crippen LogP contribution is 2.33. The maximum Gasteiger partial charge on any atom is 0.0950 e. The third-order valence-electron chi connectivity index (χ3n) is 3.12. The van der Waals surface area contributed by atoms with Crippen molar-refractivity contribution in [3.63, 3.8) is 0 Å². The first-order chi connectivity index (χ1) is 9.01. The smallest absolute Gasteiger partial charge is 0.0950 e. The van der Waals surface area contributed by atoms with Gasteiger partial charge in [-0.05, 0) is 54.9 Å². The molecular formula is C14H19BrN2S2. The maximum absolute atomic E-state index is 4.66. The van der Waals surface area contributed by atoms with E-state index in [1.165, 1.54) is 29.8 Å². The van der Waals surface area contributed by atoms with Gasteiger partial charge in [0.15, 0.2) is 0 Å². The SMILES string of the molecule is CCNC(Cc1nc(C)c(C)s1)c1cc(C)c(Br)s1. The van der Waals surface area contributed by atoms with Crippen LogP contribution < -0.4 is 5.32 Å². The Hall–Kier alpha value is -0.230. The van der Waals surface area contributed by atoms with Crippen molar-refractivity contribution in [2.75, 3.05) is 6.54 Å². The van der Waals surface area contributed by atoms with Gasteiger partial charge in [0.05, 0.1) is 14.5 Å². The lowest BCUT2D eigenvalue weighted by Gasteiger charge is -2.14. The summed E-state index contributed by atoms with van der Waals surface area (Å²) in [6.45, 7) is 9.50. The van der Waals surface area contributed by atoms with Crippen LogP contribution in [-0.2, 0) is 6.42 Å². The van der Waals surface area contributed by atoms with Crippen molar-refractivity contribution in [3.05, 3.63) is 35.9 Å². The minimum atomic E-state index is 0.366. The highest BCUT2D eigenvalue weighted by molar-refractivity contribution is 9.11. The van der Waals surface area contributed by atoms with Crippen molar-refractivity contribution in [2.45, 2.75) is 40.2 Å². The minimum absolute atomic E-state index is 0.366. The molecule has 2 heterocycles. The molecule has 0 radical (unpaired) electrons. The fraction of sp³-hybridized carbons (Fsp3) is 0.500. The predicted molar refractivity (Wildman–Crippen MR) is 88.5 cm³/mol. The third kappa shape index (κ3) is 3.66. The van der Waals surface area contributed by atoms with E-state index in [-0.39, 0.29) is 0 Å². The van der Waals surface area contributed by atoms with Crippen molar-refractivity contribution in [3.8, 4) is 0 Å². The molecule has 2 aromatic rings. The first-order valence-corrected chi connectivity index (χ1v) is 8.86. The molecule has 0 saturated carbocycles. The standard InChI is InChI=1S/C14H19BrN2S2/c1-5-16-11(12-6-8(2)14(15)19-12)7-13-17-9(3)10(4)18-13/h6,11,16H,5,7H2,1-4H3. The number of aryl methyl sites for hydroxylation is 3. The van der Waals surface area contributed by atoms with E-state index in [9.17, 15) is 0 Å². The van der Waals surface area contributed by atoms with Gasteiger partial charge in [0, 0.05) is 22.2 Å². The summed E-state index contributed by atoms with van der Waals surface area (Å²) in [4.78, 5) is 7.37. The largest absolute Gasteiger partial charge is 0.309 e. The molecule has 0 fully saturated rings. The van der Waals surface area contributed by atoms with Gasteiger partial charge in [0.25, 0.3) is 0 Å². The Morgan fingerprint density at radius 3 is 2.53 bits per heavy atom. The average Bonchev–Trinajstić information content (AvgIpc) is 2.83. The van der Waals surface area contributed by atoms with E-state index in [0.29, 0.717) is 6.04 Å². The fourth-order valence-corrected chi connectivity index (χ4v) is 4.60. The molecule has 2 rings (SSSR count). The van der Waals surface area contributed by atoms with Crippen molar-refractivity contribution < 1.29 is 0 Å². The van der Waals surface area contributed by atoms with E-state index < -0.39 is 0 Å². The molecule has 0 aliphatic heterocycles. The molecule has 5 heteroatoms. The van der Waals surface area contributed by atoms with Crippen LogP contribution in [-0.4, -0.2) is 11.5 Å². The zero-order chi connectivity index (χ0) is 14.0. The molecule has 2 aromatic heterocycles. The molecular weight excluding hydrogens is 340 g/mol. The summed E-state index contributed by atoms with van der Waals surface area (Å²) in [6.07, 6.45) is 0.972. The second kappa shape index (κ2) is 6.48. The number of hydrogen-bond donors (Lipinski definition) is 1. The molecule has 0 amide bonds. The van der Waals surface area contributed by atoms with Crippen molar-refractivity contribution >= 4 is 38.6 Å². The quantitative estimate of drug-likeness (QED) is 0.831. The van der Waals surface area contributed by atoms with Crippen LogP contribution in [0.15, 0.2) is 9.85 Å². The van der Waals surface area contributed by atoms with Crippen LogP contribution in [0.3, 0.4) is 0 Å². The Kier molecular flexibility index (Phi) is 5.17. The van der Waals surface area contributed by atoms with Gasteiger partial charge in [-0.3, -0.25) is 0 Å². The van der Waals surface area contributed by atoms with Gasteiger partial charge in [-0.1, -0.05) is 6.92 Å². The van der Waals surface area contributed by atoms with Crippen LogP contribution in [0.5, 0.6) is 0 Å². The average molecular weight is 359 g/mol. The zero-order valence-electron chi connectivity index (χ0n) is 11.7. The van der Waals surface area contributed by atoms with Gasteiger partial charge >= 0.3 is 0 Å². The molecule has 1 atom stereocenters. The summed E-state index contributed by atoms with van der Waals surface area (Å²) in [7, 11) is 0. The van der Waals surface area contributed by atoms with Crippen molar-refractivity contribution in [1.82, 2.24) is 10.3 Å².